The maximum Gasteiger partial charge on any atom is 0.110 e. The first-order chi connectivity index (χ1) is 6.66. The van der Waals surface area contributed by atoms with E-state index < -0.39 is 0 Å². The topological polar surface area (TPSA) is 38.9 Å². The third-order valence-corrected chi connectivity index (χ3v) is 3.94. The summed E-state index contributed by atoms with van der Waals surface area (Å²) >= 11 is 1.84. The minimum Gasteiger partial charge on any atom is -0.322 e. The zero-order valence-corrected chi connectivity index (χ0v) is 9.73. The molecule has 0 bridgehead atoms. The SMILES string of the molecule is CC(C)CC(N)c1nc2c(s1)CCC2. The van der Waals surface area contributed by atoms with Gasteiger partial charge in [-0.2, -0.15) is 0 Å². The number of hydrogen-bond acceptors (Lipinski definition) is 3. The molecule has 3 heteroatoms. The van der Waals surface area contributed by atoms with Gasteiger partial charge in [-0.05, 0) is 31.6 Å². The van der Waals surface area contributed by atoms with Gasteiger partial charge in [-0.3, -0.25) is 0 Å². The Bertz CT molecular complexity index is 296. The predicted molar refractivity (Wildman–Crippen MR) is 60.5 cm³/mol. The average molecular weight is 210 g/mol. The fourth-order valence-electron chi connectivity index (χ4n) is 1.98. The van der Waals surface area contributed by atoms with E-state index in [0.717, 1.165) is 11.4 Å². The van der Waals surface area contributed by atoms with Gasteiger partial charge in [0.15, 0.2) is 0 Å². The monoisotopic (exact) mass is 210 g/mol. The van der Waals surface area contributed by atoms with Crippen LogP contribution in [0.2, 0.25) is 0 Å². The van der Waals surface area contributed by atoms with Crippen LogP contribution < -0.4 is 5.73 Å². The third-order valence-electron chi connectivity index (χ3n) is 2.65. The van der Waals surface area contributed by atoms with E-state index in [4.69, 9.17) is 5.73 Å². The highest BCUT2D eigenvalue weighted by molar-refractivity contribution is 7.11. The van der Waals surface area contributed by atoms with Crippen molar-refractivity contribution in [1.82, 2.24) is 4.98 Å². The molecule has 2 rings (SSSR count). The van der Waals surface area contributed by atoms with E-state index in [-0.39, 0.29) is 6.04 Å². The van der Waals surface area contributed by atoms with Gasteiger partial charge in [-0.15, -0.1) is 11.3 Å². The van der Waals surface area contributed by atoms with Crippen LogP contribution in [0.5, 0.6) is 0 Å². The highest BCUT2D eigenvalue weighted by Gasteiger charge is 2.20. The first-order valence-corrected chi connectivity index (χ1v) is 6.22. The molecular formula is C11H18N2S. The van der Waals surface area contributed by atoms with Crippen LogP contribution in [0.1, 0.15) is 48.3 Å². The number of aromatic nitrogens is 1. The number of fused-ring (bicyclic) bond motifs is 1. The third kappa shape index (κ3) is 1.98. The molecule has 1 unspecified atom stereocenters. The summed E-state index contributed by atoms with van der Waals surface area (Å²) in [7, 11) is 0. The van der Waals surface area contributed by atoms with Crippen molar-refractivity contribution in [2.75, 3.05) is 0 Å². The Labute approximate surface area is 89.5 Å². The minimum absolute atomic E-state index is 0.158. The quantitative estimate of drug-likeness (QED) is 0.833. The summed E-state index contributed by atoms with van der Waals surface area (Å²) in [5.74, 6) is 0.656. The molecule has 0 spiro atoms. The smallest absolute Gasteiger partial charge is 0.110 e. The molecule has 1 aliphatic rings. The molecule has 2 N–H and O–H groups in total. The molecule has 0 aliphatic heterocycles. The normalized spacial score (nSPS) is 17.4. The predicted octanol–water partition coefficient (Wildman–Crippen LogP) is 2.68. The molecule has 1 heterocycles. The van der Waals surface area contributed by atoms with Crippen molar-refractivity contribution in [3.05, 3.63) is 15.6 Å². The molecule has 0 aromatic carbocycles. The van der Waals surface area contributed by atoms with Crippen LogP contribution in [0.4, 0.5) is 0 Å². The fraction of sp³-hybridized carbons (Fsp3) is 0.727. The van der Waals surface area contributed by atoms with Gasteiger partial charge < -0.3 is 5.73 Å². The molecule has 1 aromatic rings. The van der Waals surface area contributed by atoms with Crippen molar-refractivity contribution >= 4 is 11.3 Å². The Hall–Kier alpha value is -0.410. The summed E-state index contributed by atoms with van der Waals surface area (Å²) in [5.41, 5.74) is 7.43. The molecule has 14 heavy (non-hydrogen) atoms. The number of rotatable bonds is 3. The molecule has 2 nitrogen and oxygen atoms in total. The lowest BCUT2D eigenvalue weighted by atomic mass is 10.1. The van der Waals surface area contributed by atoms with Crippen molar-refractivity contribution in [1.29, 1.82) is 0 Å². The second kappa shape index (κ2) is 3.99. The Kier molecular flexibility index (Phi) is 2.88. The summed E-state index contributed by atoms with van der Waals surface area (Å²) in [5, 5.41) is 1.16. The van der Waals surface area contributed by atoms with E-state index in [9.17, 15) is 0 Å². The molecule has 0 saturated heterocycles. The van der Waals surface area contributed by atoms with Gasteiger partial charge in [-0.25, -0.2) is 4.98 Å². The molecule has 78 valence electrons. The molecule has 1 aromatic heterocycles. The molecule has 1 aliphatic carbocycles. The first-order valence-electron chi connectivity index (χ1n) is 5.41. The lowest BCUT2D eigenvalue weighted by Gasteiger charge is -2.10. The van der Waals surface area contributed by atoms with Crippen molar-refractivity contribution in [2.24, 2.45) is 11.7 Å². The molecular weight excluding hydrogens is 192 g/mol. The van der Waals surface area contributed by atoms with Gasteiger partial charge in [0.2, 0.25) is 0 Å². The average Bonchev–Trinajstić information content (AvgIpc) is 2.58. The van der Waals surface area contributed by atoms with E-state index in [0.29, 0.717) is 5.92 Å². The van der Waals surface area contributed by atoms with Gasteiger partial charge in [-0.1, -0.05) is 13.8 Å². The van der Waals surface area contributed by atoms with Gasteiger partial charge in [0.1, 0.15) is 5.01 Å². The number of aryl methyl sites for hydroxylation is 2. The maximum atomic E-state index is 6.10. The van der Waals surface area contributed by atoms with Crippen LogP contribution in [0, 0.1) is 5.92 Å². The van der Waals surface area contributed by atoms with Gasteiger partial charge in [0, 0.05) is 4.88 Å². The van der Waals surface area contributed by atoms with E-state index in [1.165, 1.54) is 29.8 Å². The summed E-state index contributed by atoms with van der Waals surface area (Å²) in [6.45, 7) is 4.42. The Morgan fingerprint density at radius 1 is 1.43 bits per heavy atom. The van der Waals surface area contributed by atoms with Crippen LogP contribution >= 0.6 is 11.3 Å². The lowest BCUT2D eigenvalue weighted by Crippen LogP contribution is -2.12. The summed E-state index contributed by atoms with van der Waals surface area (Å²) < 4.78 is 0. The largest absolute Gasteiger partial charge is 0.322 e. The van der Waals surface area contributed by atoms with E-state index in [2.05, 4.69) is 18.8 Å². The fourth-order valence-corrected chi connectivity index (χ4v) is 3.15. The van der Waals surface area contributed by atoms with Gasteiger partial charge >= 0.3 is 0 Å². The van der Waals surface area contributed by atoms with Crippen molar-refractivity contribution in [3.8, 4) is 0 Å². The number of nitrogens with two attached hydrogens (primary N) is 1. The second-order valence-corrected chi connectivity index (χ2v) is 5.63. The van der Waals surface area contributed by atoms with Gasteiger partial charge in [0.25, 0.3) is 0 Å². The van der Waals surface area contributed by atoms with E-state index in [1.807, 2.05) is 11.3 Å². The molecule has 1 atom stereocenters. The molecule has 0 fully saturated rings. The molecule has 0 amide bonds. The second-order valence-electron chi connectivity index (χ2n) is 4.51. The number of hydrogen-bond donors (Lipinski definition) is 1. The summed E-state index contributed by atoms with van der Waals surface area (Å²) in [6.07, 6.45) is 4.72. The molecule has 0 saturated carbocycles. The number of nitrogens with zero attached hydrogens (tertiary/aromatic N) is 1. The Morgan fingerprint density at radius 3 is 2.86 bits per heavy atom. The van der Waals surface area contributed by atoms with Crippen LogP contribution in [-0.4, -0.2) is 4.98 Å². The van der Waals surface area contributed by atoms with Crippen molar-refractivity contribution in [3.63, 3.8) is 0 Å². The highest BCUT2D eigenvalue weighted by Crippen LogP contribution is 2.31. The van der Waals surface area contributed by atoms with Crippen LogP contribution in [0.25, 0.3) is 0 Å². The van der Waals surface area contributed by atoms with Crippen molar-refractivity contribution in [2.45, 2.75) is 45.6 Å². The lowest BCUT2D eigenvalue weighted by molar-refractivity contribution is 0.508. The van der Waals surface area contributed by atoms with Crippen LogP contribution in [0.15, 0.2) is 0 Å². The maximum absolute atomic E-state index is 6.10. The standard InChI is InChI=1S/C11H18N2S/c1-7(2)6-8(12)11-13-9-4-3-5-10(9)14-11/h7-8H,3-6,12H2,1-2H3. The summed E-state index contributed by atoms with van der Waals surface area (Å²) in [4.78, 5) is 6.12. The highest BCUT2D eigenvalue weighted by atomic mass is 32.1. The van der Waals surface area contributed by atoms with Crippen molar-refractivity contribution < 1.29 is 0 Å². The van der Waals surface area contributed by atoms with Crippen LogP contribution in [0.3, 0.4) is 0 Å². The van der Waals surface area contributed by atoms with Gasteiger partial charge in [0.05, 0.1) is 11.7 Å². The van der Waals surface area contributed by atoms with E-state index in [1.54, 1.807) is 0 Å². The van der Waals surface area contributed by atoms with Crippen LogP contribution in [-0.2, 0) is 12.8 Å². The Balaban J connectivity index is 2.09. The van der Waals surface area contributed by atoms with E-state index >= 15 is 0 Å². The Morgan fingerprint density at radius 2 is 2.21 bits per heavy atom. The first kappa shape index (κ1) is 10.1. The number of thiazole rings is 1. The molecule has 0 radical (unpaired) electrons. The zero-order valence-electron chi connectivity index (χ0n) is 8.92. The summed E-state index contributed by atoms with van der Waals surface area (Å²) in [6, 6.07) is 0.158. The zero-order chi connectivity index (χ0) is 10.1. The minimum atomic E-state index is 0.158.